The number of hydrogen-bond donors (Lipinski definition) is 1. The van der Waals surface area contributed by atoms with Gasteiger partial charge in [-0.1, -0.05) is 0 Å². The van der Waals surface area contributed by atoms with E-state index >= 15 is 0 Å². The summed E-state index contributed by atoms with van der Waals surface area (Å²) in [6.07, 6.45) is 1.50. The van der Waals surface area contributed by atoms with Crippen LogP contribution in [-0.2, 0) is 0 Å². The number of H-pyrrole nitrogens is 1. The van der Waals surface area contributed by atoms with E-state index in [1.807, 2.05) is 23.7 Å². The van der Waals surface area contributed by atoms with E-state index in [4.69, 9.17) is 0 Å². The van der Waals surface area contributed by atoms with Crippen molar-refractivity contribution in [3.05, 3.63) is 30.0 Å². The van der Waals surface area contributed by atoms with Crippen molar-refractivity contribution >= 4 is 21.6 Å². The molecule has 0 bridgehead atoms. The lowest BCUT2D eigenvalue weighted by molar-refractivity contribution is 1.10. The summed E-state index contributed by atoms with van der Waals surface area (Å²) >= 11 is 1.64. The predicted octanol–water partition coefficient (Wildman–Crippen LogP) is 2.08. The Morgan fingerprint density at radius 2 is 2.21 bits per heavy atom. The summed E-state index contributed by atoms with van der Waals surface area (Å²) in [5.41, 5.74) is 3.86. The number of fused-ring (bicyclic) bond motifs is 1. The van der Waals surface area contributed by atoms with Crippen LogP contribution in [0.15, 0.2) is 30.0 Å². The lowest BCUT2D eigenvalue weighted by atomic mass is 10.2. The van der Waals surface area contributed by atoms with Crippen LogP contribution in [0.1, 0.15) is 0 Å². The molecule has 0 radical (unpaired) electrons. The van der Waals surface area contributed by atoms with Crippen molar-refractivity contribution in [2.24, 2.45) is 0 Å². The van der Waals surface area contributed by atoms with Crippen molar-refractivity contribution < 1.29 is 0 Å². The Morgan fingerprint density at radius 3 is 3.07 bits per heavy atom. The molecule has 1 aromatic carbocycles. The molecule has 0 saturated heterocycles. The van der Waals surface area contributed by atoms with Gasteiger partial charge in [-0.3, -0.25) is 5.10 Å². The largest absolute Gasteiger partial charge is 0.259 e. The minimum atomic E-state index is 0.778. The first-order chi connectivity index (χ1) is 6.93. The first-order valence-corrected chi connectivity index (χ1v) is 5.00. The Morgan fingerprint density at radius 1 is 1.21 bits per heavy atom. The average molecular weight is 202 g/mol. The van der Waals surface area contributed by atoms with Crippen LogP contribution < -0.4 is 0 Å². The van der Waals surface area contributed by atoms with Gasteiger partial charge >= 0.3 is 0 Å². The molecule has 1 N–H and O–H groups in total. The molecule has 0 saturated carbocycles. The van der Waals surface area contributed by atoms with Gasteiger partial charge in [0.05, 0.1) is 15.7 Å². The third-order valence-corrected chi connectivity index (χ3v) is 2.83. The fraction of sp³-hybridized carbons (Fsp3) is 0. The molecular weight excluding hydrogens is 196 g/mol. The smallest absolute Gasteiger partial charge is 0.155 e. The van der Waals surface area contributed by atoms with Crippen molar-refractivity contribution in [1.29, 1.82) is 0 Å². The zero-order valence-corrected chi connectivity index (χ0v) is 7.95. The third-order valence-electron chi connectivity index (χ3n) is 2.02. The van der Waals surface area contributed by atoms with Gasteiger partial charge in [0, 0.05) is 5.56 Å². The summed E-state index contributed by atoms with van der Waals surface area (Å²) in [5.74, 6) is 0.778. The third kappa shape index (κ3) is 1.10. The number of nitrogens with zero attached hydrogens (tertiary/aromatic N) is 3. The average Bonchev–Trinajstić information content (AvgIpc) is 2.88. The molecule has 3 aromatic rings. The molecule has 0 spiro atoms. The summed E-state index contributed by atoms with van der Waals surface area (Å²) in [7, 11) is 0. The van der Waals surface area contributed by atoms with E-state index in [0.717, 1.165) is 16.9 Å². The molecule has 68 valence electrons. The lowest BCUT2D eigenvalue weighted by Crippen LogP contribution is -1.80. The predicted molar refractivity (Wildman–Crippen MR) is 55.0 cm³/mol. The SMILES string of the molecule is c1n[nH]c(-c2ccc3scnc3c2)n1. The van der Waals surface area contributed by atoms with E-state index in [2.05, 4.69) is 20.2 Å². The molecule has 2 aromatic heterocycles. The zero-order valence-electron chi connectivity index (χ0n) is 7.14. The molecule has 0 amide bonds. The molecule has 0 fully saturated rings. The number of hydrogen-bond acceptors (Lipinski definition) is 4. The van der Waals surface area contributed by atoms with Gasteiger partial charge in [0.15, 0.2) is 5.82 Å². The summed E-state index contributed by atoms with van der Waals surface area (Å²) in [6, 6.07) is 6.07. The van der Waals surface area contributed by atoms with Crippen LogP contribution in [0.4, 0.5) is 0 Å². The maximum absolute atomic E-state index is 4.25. The van der Waals surface area contributed by atoms with Gasteiger partial charge < -0.3 is 0 Å². The second kappa shape index (κ2) is 2.88. The standard InChI is InChI=1S/C9H6N4S/c1-2-8-7(11-5-14-8)3-6(1)9-10-4-12-13-9/h1-5H,(H,10,12,13). The van der Waals surface area contributed by atoms with Crippen molar-refractivity contribution in [2.75, 3.05) is 0 Å². The maximum atomic E-state index is 4.25. The molecule has 4 nitrogen and oxygen atoms in total. The number of rotatable bonds is 1. The number of nitrogens with one attached hydrogen (secondary N) is 1. The first-order valence-electron chi connectivity index (χ1n) is 4.12. The van der Waals surface area contributed by atoms with Crippen molar-refractivity contribution in [3.63, 3.8) is 0 Å². The highest BCUT2D eigenvalue weighted by Gasteiger charge is 2.02. The monoisotopic (exact) mass is 202 g/mol. The van der Waals surface area contributed by atoms with Crippen LogP contribution in [0.2, 0.25) is 0 Å². The van der Waals surface area contributed by atoms with Crippen molar-refractivity contribution in [2.45, 2.75) is 0 Å². The quantitative estimate of drug-likeness (QED) is 0.657. The fourth-order valence-corrected chi connectivity index (χ4v) is 2.01. The summed E-state index contributed by atoms with van der Waals surface area (Å²) < 4.78 is 1.19. The van der Waals surface area contributed by atoms with Crippen LogP contribution >= 0.6 is 11.3 Å². The molecule has 0 unspecified atom stereocenters. The molecule has 0 atom stereocenters. The summed E-state index contributed by atoms with van der Waals surface area (Å²) in [4.78, 5) is 8.33. The van der Waals surface area contributed by atoms with Gasteiger partial charge in [0.2, 0.25) is 0 Å². The first kappa shape index (κ1) is 7.64. The van der Waals surface area contributed by atoms with Crippen LogP contribution in [-0.4, -0.2) is 20.2 Å². The zero-order chi connectivity index (χ0) is 9.38. The Bertz CT molecular complexity index is 555. The van der Waals surface area contributed by atoms with E-state index in [-0.39, 0.29) is 0 Å². The normalized spacial score (nSPS) is 10.9. The van der Waals surface area contributed by atoms with Crippen molar-refractivity contribution in [3.8, 4) is 11.4 Å². The van der Waals surface area contributed by atoms with Gasteiger partial charge in [-0.15, -0.1) is 11.3 Å². The second-order valence-electron chi connectivity index (χ2n) is 2.87. The van der Waals surface area contributed by atoms with E-state index in [1.165, 1.54) is 11.0 Å². The molecule has 0 aliphatic heterocycles. The van der Waals surface area contributed by atoms with Gasteiger partial charge in [0.1, 0.15) is 6.33 Å². The number of aromatic nitrogens is 4. The number of benzene rings is 1. The van der Waals surface area contributed by atoms with Crippen LogP contribution in [0.3, 0.4) is 0 Å². The number of thiazole rings is 1. The molecule has 2 heterocycles. The summed E-state index contributed by atoms with van der Waals surface area (Å²) in [6.45, 7) is 0. The van der Waals surface area contributed by atoms with E-state index in [1.54, 1.807) is 11.3 Å². The number of aromatic amines is 1. The van der Waals surface area contributed by atoms with Gasteiger partial charge in [-0.05, 0) is 18.2 Å². The van der Waals surface area contributed by atoms with E-state index in [9.17, 15) is 0 Å². The highest BCUT2D eigenvalue weighted by atomic mass is 32.1. The molecule has 5 heteroatoms. The maximum Gasteiger partial charge on any atom is 0.155 e. The Balaban J connectivity index is 2.23. The van der Waals surface area contributed by atoms with Crippen LogP contribution in [0.5, 0.6) is 0 Å². The highest BCUT2D eigenvalue weighted by molar-refractivity contribution is 7.16. The van der Waals surface area contributed by atoms with Gasteiger partial charge in [-0.2, -0.15) is 5.10 Å². The molecule has 0 aliphatic carbocycles. The Labute approximate surface area is 83.6 Å². The van der Waals surface area contributed by atoms with Gasteiger partial charge in [0.25, 0.3) is 0 Å². The lowest BCUT2D eigenvalue weighted by Gasteiger charge is -1.94. The Kier molecular flexibility index (Phi) is 1.57. The molecular formula is C9H6N4S. The van der Waals surface area contributed by atoms with E-state index < -0.39 is 0 Å². The van der Waals surface area contributed by atoms with Gasteiger partial charge in [-0.25, -0.2) is 9.97 Å². The molecule has 14 heavy (non-hydrogen) atoms. The Hall–Kier alpha value is -1.75. The highest BCUT2D eigenvalue weighted by Crippen LogP contribution is 2.22. The fourth-order valence-electron chi connectivity index (χ4n) is 1.35. The van der Waals surface area contributed by atoms with Crippen molar-refractivity contribution in [1.82, 2.24) is 20.2 Å². The topological polar surface area (TPSA) is 54.5 Å². The summed E-state index contributed by atoms with van der Waals surface area (Å²) in [5, 5.41) is 6.64. The molecule has 3 rings (SSSR count). The van der Waals surface area contributed by atoms with Crippen LogP contribution in [0.25, 0.3) is 21.6 Å². The minimum absolute atomic E-state index is 0.778. The second-order valence-corrected chi connectivity index (χ2v) is 3.76. The van der Waals surface area contributed by atoms with Crippen LogP contribution in [0, 0.1) is 0 Å². The molecule has 0 aliphatic rings. The van der Waals surface area contributed by atoms with E-state index in [0.29, 0.717) is 0 Å². The minimum Gasteiger partial charge on any atom is -0.259 e.